The maximum absolute atomic E-state index is 12.6. The van der Waals surface area contributed by atoms with Crippen molar-refractivity contribution >= 4 is 5.91 Å². The van der Waals surface area contributed by atoms with E-state index in [4.69, 9.17) is 9.47 Å². The Labute approximate surface area is 170 Å². The molecule has 0 radical (unpaired) electrons. The van der Waals surface area contributed by atoms with Crippen LogP contribution in [0.3, 0.4) is 0 Å². The average molecular weight is 394 g/mol. The van der Waals surface area contributed by atoms with Crippen LogP contribution >= 0.6 is 0 Å². The van der Waals surface area contributed by atoms with Gasteiger partial charge < -0.3 is 14.8 Å². The molecule has 7 nitrogen and oxygen atoms in total. The minimum atomic E-state index is -0.164. The van der Waals surface area contributed by atoms with Gasteiger partial charge in [0, 0.05) is 12.1 Å². The zero-order valence-electron chi connectivity index (χ0n) is 17.0. The molecule has 0 aliphatic rings. The van der Waals surface area contributed by atoms with E-state index in [-0.39, 0.29) is 5.91 Å². The second-order valence-corrected chi connectivity index (χ2v) is 7.09. The smallest absolute Gasteiger partial charge is 0.251 e. The summed E-state index contributed by atoms with van der Waals surface area (Å²) in [6.07, 6.45) is 4.03. The Morgan fingerprint density at radius 2 is 2.03 bits per heavy atom. The van der Waals surface area contributed by atoms with E-state index in [1.807, 2.05) is 30.3 Å². The summed E-state index contributed by atoms with van der Waals surface area (Å²) >= 11 is 0. The Hall–Kier alpha value is -3.35. The predicted octanol–water partition coefficient (Wildman–Crippen LogP) is 3.63. The fourth-order valence-corrected chi connectivity index (χ4v) is 2.76. The summed E-state index contributed by atoms with van der Waals surface area (Å²) in [6.45, 7) is 5.35. The molecular formula is C22H26N4O3. The molecule has 2 aromatic carbocycles. The summed E-state index contributed by atoms with van der Waals surface area (Å²) in [6, 6.07) is 12.9. The monoisotopic (exact) mass is 394 g/mol. The maximum Gasteiger partial charge on any atom is 0.251 e. The lowest BCUT2D eigenvalue weighted by Crippen LogP contribution is -2.23. The van der Waals surface area contributed by atoms with E-state index < -0.39 is 0 Å². The van der Waals surface area contributed by atoms with Crippen LogP contribution in [0.5, 0.6) is 11.5 Å². The number of methoxy groups -OCH3 is 1. The topological polar surface area (TPSA) is 78.3 Å². The van der Waals surface area contributed by atoms with Crippen molar-refractivity contribution in [2.24, 2.45) is 5.92 Å². The van der Waals surface area contributed by atoms with Gasteiger partial charge in [0.25, 0.3) is 5.91 Å². The summed E-state index contributed by atoms with van der Waals surface area (Å²) < 4.78 is 12.9. The Balaban J connectivity index is 1.62. The van der Waals surface area contributed by atoms with Crippen molar-refractivity contribution in [3.8, 4) is 17.2 Å². The zero-order chi connectivity index (χ0) is 20.6. The minimum Gasteiger partial charge on any atom is -0.493 e. The normalized spacial score (nSPS) is 10.8. The second-order valence-electron chi connectivity index (χ2n) is 7.09. The molecule has 1 aromatic heterocycles. The number of carbonyl (C=O) groups is 1. The number of hydrogen-bond donors (Lipinski definition) is 1. The fourth-order valence-electron chi connectivity index (χ4n) is 2.76. The largest absolute Gasteiger partial charge is 0.493 e. The summed E-state index contributed by atoms with van der Waals surface area (Å²) in [5.41, 5.74) is 2.26. The molecule has 0 fully saturated rings. The number of carbonyl (C=O) groups excluding carboxylic acids is 1. The van der Waals surface area contributed by atoms with Crippen LogP contribution < -0.4 is 14.8 Å². The number of hydrogen-bond acceptors (Lipinski definition) is 5. The first-order chi connectivity index (χ1) is 14.1. The molecule has 0 saturated carbocycles. The molecule has 0 bridgehead atoms. The number of ether oxygens (including phenoxy) is 2. The lowest BCUT2D eigenvalue weighted by Gasteiger charge is -2.13. The van der Waals surface area contributed by atoms with E-state index in [1.165, 1.54) is 6.33 Å². The molecule has 29 heavy (non-hydrogen) atoms. The van der Waals surface area contributed by atoms with Crippen LogP contribution in [0.2, 0.25) is 0 Å². The number of benzene rings is 2. The summed E-state index contributed by atoms with van der Waals surface area (Å²) in [5.74, 6) is 1.79. The molecule has 0 saturated heterocycles. The number of amides is 1. The first-order valence-corrected chi connectivity index (χ1v) is 9.60. The third-order valence-electron chi connectivity index (χ3n) is 4.43. The molecule has 0 spiro atoms. The first kappa shape index (κ1) is 20.4. The molecule has 152 valence electrons. The van der Waals surface area contributed by atoms with Gasteiger partial charge in [-0.2, -0.15) is 5.10 Å². The molecule has 0 aliphatic carbocycles. The highest BCUT2D eigenvalue weighted by atomic mass is 16.5. The Kier molecular flexibility index (Phi) is 6.84. The van der Waals surface area contributed by atoms with Gasteiger partial charge in [-0.25, -0.2) is 9.67 Å². The average Bonchev–Trinajstić information content (AvgIpc) is 3.27. The van der Waals surface area contributed by atoms with E-state index in [0.29, 0.717) is 36.1 Å². The molecule has 1 heterocycles. The molecule has 0 atom stereocenters. The second kappa shape index (κ2) is 9.73. The van der Waals surface area contributed by atoms with Crippen LogP contribution in [0.15, 0.2) is 55.1 Å². The van der Waals surface area contributed by atoms with Gasteiger partial charge in [-0.05, 0) is 48.2 Å². The Bertz CT molecular complexity index is 939. The third kappa shape index (κ3) is 5.57. The maximum atomic E-state index is 12.6. The highest BCUT2D eigenvalue weighted by Crippen LogP contribution is 2.28. The molecule has 1 N–H and O–H groups in total. The lowest BCUT2D eigenvalue weighted by atomic mass is 10.1. The minimum absolute atomic E-state index is 0.164. The van der Waals surface area contributed by atoms with Gasteiger partial charge in [-0.1, -0.05) is 26.0 Å². The Morgan fingerprint density at radius 3 is 2.76 bits per heavy atom. The van der Waals surface area contributed by atoms with Crippen LogP contribution in [0.4, 0.5) is 0 Å². The van der Waals surface area contributed by atoms with E-state index in [9.17, 15) is 4.79 Å². The quantitative estimate of drug-likeness (QED) is 0.600. The molecular weight excluding hydrogens is 368 g/mol. The van der Waals surface area contributed by atoms with Crippen molar-refractivity contribution < 1.29 is 14.3 Å². The number of aromatic nitrogens is 3. The standard InChI is InChI=1S/C22H26N4O3/c1-16(2)9-10-29-20-8-7-17(11-21(20)28-3)13-24-22(27)18-5-4-6-19(12-18)26-15-23-14-25-26/h4-8,11-12,14-16H,9-10,13H2,1-3H3,(H,24,27). The Morgan fingerprint density at radius 1 is 1.17 bits per heavy atom. The molecule has 1 amide bonds. The van der Waals surface area contributed by atoms with Crippen molar-refractivity contribution in [3.63, 3.8) is 0 Å². The SMILES string of the molecule is COc1cc(CNC(=O)c2cccc(-n3cncn3)c2)ccc1OCCC(C)C. The van der Waals surface area contributed by atoms with Gasteiger partial charge in [0.1, 0.15) is 12.7 Å². The highest BCUT2D eigenvalue weighted by Gasteiger charge is 2.10. The van der Waals surface area contributed by atoms with Crippen LogP contribution in [0.25, 0.3) is 5.69 Å². The van der Waals surface area contributed by atoms with Crippen molar-refractivity contribution in [3.05, 3.63) is 66.2 Å². The van der Waals surface area contributed by atoms with Gasteiger partial charge in [0.05, 0.1) is 19.4 Å². The molecule has 7 heteroatoms. The van der Waals surface area contributed by atoms with Crippen LogP contribution in [0.1, 0.15) is 36.2 Å². The van der Waals surface area contributed by atoms with Gasteiger partial charge in [0.15, 0.2) is 11.5 Å². The molecule has 0 aliphatic heterocycles. The van der Waals surface area contributed by atoms with Gasteiger partial charge >= 0.3 is 0 Å². The highest BCUT2D eigenvalue weighted by molar-refractivity contribution is 5.94. The number of nitrogens with zero attached hydrogens (tertiary/aromatic N) is 3. The molecule has 3 aromatic rings. The lowest BCUT2D eigenvalue weighted by molar-refractivity contribution is 0.0951. The molecule has 3 rings (SSSR count). The van der Waals surface area contributed by atoms with Gasteiger partial charge in [0.2, 0.25) is 0 Å². The third-order valence-corrected chi connectivity index (χ3v) is 4.43. The van der Waals surface area contributed by atoms with Crippen molar-refractivity contribution in [1.82, 2.24) is 20.1 Å². The van der Waals surface area contributed by atoms with E-state index in [2.05, 4.69) is 29.2 Å². The van der Waals surface area contributed by atoms with Crippen LogP contribution in [-0.2, 0) is 6.54 Å². The van der Waals surface area contributed by atoms with Crippen LogP contribution in [0, 0.1) is 5.92 Å². The van der Waals surface area contributed by atoms with Gasteiger partial charge in [-0.15, -0.1) is 0 Å². The summed E-state index contributed by atoms with van der Waals surface area (Å²) in [7, 11) is 1.61. The number of nitrogens with one attached hydrogen (secondary N) is 1. The van der Waals surface area contributed by atoms with Crippen molar-refractivity contribution in [2.75, 3.05) is 13.7 Å². The van der Waals surface area contributed by atoms with E-state index in [1.54, 1.807) is 30.3 Å². The van der Waals surface area contributed by atoms with E-state index in [0.717, 1.165) is 17.7 Å². The van der Waals surface area contributed by atoms with Gasteiger partial charge in [-0.3, -0.25) is 4.79 Å². The summed E-state index contributed by atoms with van der Waals surface area (Å²) in [5, 5.41) is 7.02. The summed E-state index contributed by atoms with van der Waals surface area (Å²) in [4.78, 5) is 16.5. The van der Waals surface area contributed by atoms with Crippen LogP contribution in [-0.4, -0.2) is 34.4 Å². The zero-order valence-corrected chi connectivity index (χ0v) is 17.0. The van der Waals surface area contributed by atoms with Crippen molar-refractivity contribution in [2.45, 2.75) is 26.8 Å². The first-order valence-electron chi connectivity index (χ1n) is 9.60. The molecule has 0 unspecified atom stereocenters. The predicted molar refractivity (Wildman–Crippen MR) is 110 cm³/mol. The van der Waals surface area contributed by atoms with Crippen molar-refractivity contribution in [1.29, 1.82) is 0 Å². The van der Waals surface area contributed by atoms with E-state index >= 15 is 0 Å². The fraction of sp³-hybridized carbons (Fsp3) is 0.318. The number of rotatable bonds is 9.